The maximum Gasteiger partial charge on any atom is 0.251 e. The molecule has 2 atom stereocenters. The highest BCUT2D eigenvalue weighted by Crippen LogP contribution is 2.41. The Morgan fingerprint density at radius 1 is 1.28 bits per heavy atom. The van der Waals surface area contributed by atoms with Gasteiger partial charge in [0.25, 0.3) is 5.91 Å². The highest BCUT2D eigenvalue weighted by Gasteiger charge is 2.39. The second-order valence-corrected chi connectivity index (χ2v) is 6.08. The van der Waals surface area contributed by atoms with Crippen molar-refractivity contribution in [3.8, 4) is 0 Å². The van der Waals surface area contributed by atoms with Crippen LogP contribution in [0, 0.1) is 5.41 Å². The molecule has 100 valence electrons. The third kappa shape index (κ3) is 2.33. The van der Waals surface area contributed by atoms with E-state index in [-0.39, 0.29) is 12.0 Å². The van der Waals surface area contributed by atoms with Gasteiger partial charge < -0.3 is 9.64 Å². The Kier molecular flexibility index (Phi) is 3.42. The summed E-state index contributed by atoms with van der Waals surface area (Å²) in [5.74, 6) is 0.251. The molecule has 2 aliphatic heterocycles. The quantitative estimate of drug-likeness (QED) is 0.668. The molecular formula is C15H23NO2. The molecule has 18 heavy (non-hydrogen) atoms. The summed E-state index contributed by atoms with van der Waals surface area (Å²) in [6.07, 6.45) is 12.4. The van der Waals surface area contributed by atoms with Gasteiger partial charge in [-0.25, -0.2) is 0 Å². The lowest BCUT2D eigenvalue weighted by Crippen LogP contribution is -2.49. The van der Waals surface area contributed by atoms with Gasteiger partial charge in [0.1, 0.15) is 6.10 Å². The van der Waals surface area contributed by atoms with Crippen molar-refractivity contribution in [2.75, 3.05) is 19.7 Å². The van der Waals surface area contributed by atoms with Gasteiger partial charge in [-0.05, 0) is 50.4 Å². The number of ether oxygens (including phenoxy) is 1. The molecule has 0 saturated carbocycles. The van der Waals surface area contributed by atoms with Crippen LogP contribution in [0.15, 0.2) is 12.2 Å². The molecule has 2 fully saturated rings. The molecule has 3 aliphatic rings. The minimum atomic E-state index is -0.140. The fourth-order valence-corrected chi connectivity index (χ4v) is 3.69. The summed E-state index contributed by atoms with van der Waals surface area (Å²) in [7, 11) is 0. The van der Waals surface area contributed by atoms with Crippen LogP contribution in [-0.2, 0) is 9.53 Å². The molecule has 3 rings (SSSR count). The molecule has 0 radical (unpaired) electrons. The molecule has 2 heterocycles. The molecule has 0 aromatic heterocycles. The van der Waals surface area contributed by atoms with Crippen molar-refractivity contribution in [3.63, 3.8) is 0 Å². The van der Waals surface area contributed by atoms with Crippen molar-refractivity contribution in [2.45, 2.75) is 51.0 Å². The number of nitrogens with zero attached hydrogens (tertiary/aromatic N) is 1. The topological polar surface area (TPSA) is 29.5 Å². The monoisotopic (exact) mass is 249 g/mol. The average Bonchev–Trinajstić information content (AvgIpc) is 2.93. The second kappa shape index (κ2) is 5.04. The Morgan fingerprint density at radius 3 is 2.94 bits per heavy atom. The number of carbonyl (C=O) groups excluding carboxylic acids is 1. The van der Waals surface area contributed by atoms with Crippen LogP contribution in [0.5, 0.6) is 0 Å². The zero-order chi connectivity index (χ0) is 12.4. The molecule has 1 aliphatic carbocycles. The Balaban J connectivity index is 1.66. The number of amides is 1. The van der Waals surface area contributed by atoms with Crippen LogP contribution in [-0.4, -0.2) is 36.6 Å². The SMILES string of the molecule is O=C([C@H]1CCCO1)N1CCC[C@@]2(CC=CCC2)C1. The van der Waals surface area contributed by atoms with Crippen LogP contribution in [0.25, 0.3) is 0 Å². The van der Waals surface area contributed by atoms with Gasteiger partial charge in [0.2, 0.25) is 0 Å². The first-order valence-corrected chi connectivity index (χ1v) is 7.35. The largest absolute Gasteiger partial charge is 0.368 e. The molecule has 0 aromatic carbocycles. The Labute approximate surface area is 109 Å². The Hall–Kier alpha value is -0.830. The molecule has 0 aromatic rings. The van der Waals surface area contributed by atoms with E-state index >= 15 is 0 Å². The van der Waals surface area contributed by atoms with Gasteiger partial charge in [-0.1, -0.05) is 12.2 Å². The van der Waals surface area contributed by atoms with Crippen LogP contribution in [0.4, 0.5) is 0 Å². The first kappa shape index (κ1) is 12.2. The maximum atomic E-state index is 12.4. The van der Waals surface area contributed by atoms with Crippen molar-refractivity contribution in [1.29, 1.82) is 0 Å². The average molecular weight is 249 g/mol. The molecule has 0 bridgehead atoms. The summed E-state index contributed by atoms with van der Waals surface area (Å²) in [5.41, 5.74) is 0.376. The third-order valence-corrected chi connectivity index (χ3v) is 4.74. The van der Waals surface area contributed by atoms with Crippen LogP contribution in [0.1, 0.15) is 44.9 Å². The van der Waals surface area contributed by atoms with E-state index in [1.807, 2.05) is 0 Å². The van der Waals surface area contributed by atoms with Crippen LogP contribution in [0.2, 0.25) is 0 Å². The predicted molar refractivity (Wildman–Crippen MR) is 70.2 cm³/mol. The van der Waals surface area contributed by atoms with Crippen LogP contribution in [0.3, 0.4) is 0 Å². The van der Waals surface area contributed by atoms with Gasteiger partial charge in [-0.15, -0.1) is 0 Å². The number of allylic oxidation sites excluding steroid dienone is 2. The number of hydrogen-bond acceptors (Lipinski definition) is 2. The van der Waals surface area contributed by atoms with Gasteiger partial charge >= 0.3 is 0 Å². The standard InChI is InChI=1S/C15H23NO2/c17-14(13-6-4-11-18-13)16-10-5-9-15(12-16)7-2-1-3-8-15/h1-2,13H,3-12H2/t13-,15+/m1/s1. The minimum Gasteiger partial charge on any atom is -0.368 e. The number of likely N-dealkylation sites (tertiary alicyclic amines) is 1. The summed E-state index contributed by atoms with van der Waals surface area (Å²) in [4.78, 5) is 14.5. The maximum absolute atomic E-state index is 12.4. The van der Waals surface area contributed by atoms with E-state index < -0.39 is 0 Å². The molecular weight excluding hydrogens is 226 g/mol. The predicted octanol–water partition coefficient (Wildman–Crippen LogP) is 2.51. The fraction of sp³-hybridized carbons (Fsp3) is 0.800. The zero-order valence-electron chi connectivity index (χ0n) is 11.1. The van der Waals surface area contributed by atoms with Gasteiger partial charge in [0.05, 0.1) is 0 Å². The van der Waals surface area contributed by atoms with Crippen LogP contribution >= 0.6 is 0 Å². The van der Waals surface area contributed by atoms with E-state index in [0.29, 0.717) is 5.41 Å². The molecule has 0 unspecified atom stereocenters. The fourth-order valence-electron chi connectivity index (χ4n) is 3.69. The summed E-state index contributed by atoms with van der Waals surface area (Å²) in [6.45, 7) is 2.65. The van der Waals surface area contributed by atoms with E-state index in [9.17, 15) is 4.79 Å². The van der Waals surface area contributed by atoms with Crippen LogP contribution < -0.4 is 0 Å². The lowest BCUT2D eigenvalue weighted by atomic mass is 9.71. The van der Waals surface area contributed by atoms with E-state index in [1.54, 1.807) is 0 Å². The van der Waals surface area contributed by atoms with Crippen molar-refractivity contribution >= 4 is 5.91 Å². The van der Waals surface area contributed by atoms with Crippen molar-refractivity contribution in [2.24, 2.45) is 5.41 Å². The van der Waals surface area contributed by atoms with Gasteiger partial charge in [0.15, 0.2) is 0 Å². The highest BCUT2D eigenvalue weighted by molar-refractivity contribution is 5.81. The van der Waals surface area contributed by atoms with E-state index in [2.05, 4.69) is 17.1 Å². The zero-order valence-corrected chi connectivity index (χ0v) is 11.1. The Bertz CT molecular complexity index is 346. The second-order valence-electron chi connectivity index (χ2n) is 6.08. The van der Waals surface area contributed by atoms with E-state index in [1.165, 1.54) is 19.3 Å². The number of carbonyl (C=O) groups is 1. The molecule has 1 spiro atoms. The number of hydrogen-bond donors (Lipinski definition) is 0. The van der Waals surface area contributed by atoms with Gasteiger partial charge in [0, 0.05) is 19.7 Å². The summed E-state index contributed by atoms with van der Waals surface area (Å²) in [6, 6.07) is 0. The first-order valence-electron chi connectivity index (χ1n) is 7.35. The summed E-state index contributed by atoms with van der Waals surface area (Å²) < 4.78 is 5.54. The molecule has 2 saturated heterocycles. The molecule has 3 nitrogen and oxygen atoms in total. The molecule has 1 amide bonds. The minimum absolute atomic E-state index is 0.140. The first-order chi connectivity index (χ1) is 8.79. The highest BCUT2D eigenvalue weighted by atomic mass is 16.5. The lowest BCUT2D eigenvalue weighted by Gasteiger charge is -2.44. The van der Waals surface area contributed by atoms with Crippen molar-refractivity contribution < 1.29 is 9.53 Å². The van der Waals surface area contributed by atoms with E-state index in [0.717, 1.165) is 45.4 Å². The summed E-state index contributed by atoms with van der Waals surface area (Å²) in [5, 5.41) is 0. The van der Waals surface area contributed by atoms with Gasteiger partial charge in [-0.3, -0.25) is 4.79 Å². The lowest BCUT2D eigenvalue weighted by molar-refractivity contribution is -0.144. The smallest absolute Gasteiger partial charge is 0.251 e. The normalized spacial score (nSPS) is 36.2. The van der Waals surface area contributed by atoms with Gasteiger partial charge in [-0.2, -0.15) is 0 Å². The van der Waals surface area contributed by atoms with Crippen molar-refractivity contribution in [3.05, 3.63) is 12.2 Å². The number of rotatable bonds is 1. The molecule has 3 heteroatoms. The molecule has 0 N–H and O–H groups in total. The Morgan fingerprint density at radius 2 is 2.22 bits per heavy atom. The number of piperidine rings is 1. The van der Waals surface area contributed by atoms with E-state index in [4.69, 9.17) is 4.74 Å². The summed E-state index contributed by atoms with van der Waals surface area (Å²) >= 11 is 0. The third-order valence-electron chi connectivity index (χ3n) is 4.74. The van der Waals surface area contributed by atoms with Crippen molar-refractivity contribution in [1.82, 2.24) is 4.90 Å².